The van der Waals surface area contributed by atoms with Crippen LogP contribution in [-0.2, 0) is 0 Å². The fraction of sp³-hybridized carbons (Fsp3) is 0.278. The van der Waals surface area contributed by atoms with E-state index in [2.05, 4.69) is 5.32 Å². The van der Waals surface area contributed by atoms with Crippen LogP contribution in [-0.4, -0.2) is 12.5 Å². The van der Waals surface area contributed by atoms with Gasteiger partial charge in [0.2, 0.25) is 0 Å². The molecule has 2 aromatic carbocycles. The van der Waals surface area contributed by atoms with Gasteiger partial charge in [-0.25, -0.2) is 0 Å². The lowest BCUT2D eigenvalue weighted by Crippen LogP contribution is -2.26. The van der Waals surface area contributed by atoms with E-state index >= 15 is 0 Å². The zero-order valence-corrected chi connectivity index (χ0v) is 12.7. The summed E-state index contributed by atoms with van der Waals surface area (Å²) in [6.45, 7) is 6.56. The number of amides is 1. The Hall–Kier alpha value is -2.29. The zero-order valence-electron chi connectivity index (χ0n) is 12.7. The SMILES string of the molecule is CCOc1ccc([C@H](C)NC(=O)c2cccc(C)c2)cc1. The van der Waals surface area contributed by atoms with Crippen LogP contribution >= 0.6 is 0 Å². The van der Waals surface area contributed by atoms with Gasteiger partial charge in [0, 0.05) is 5.56 Å². The topological polar surface area (TPSA) is 38.3 Å². The van der Waals surface area contributed by atoms with Gasteiger partial charge in [-0.3, -0.25) is 4.79 Å². The maximum Gasteiger partial charge on any atom is 0.251 e. The predicted octanol–water partition coefficient (Wildman–Crippen LogP) is 3.88. The maximum atomic E-state index is 12.2. The van der Waals surface area contributed by atoms with Crippen molar-refractivity contribution in [2.45, 2.75) is 26.8 Å². The van der Waals surface area contributed by atoms with Crippen LogP contribution in [0, 0.1) is 6.92 Å². The Morgan fingerprint density at radius 2 is 1.90 bits per heavy atom. The van der Waals surface area contributed by atoms with Crippen molar-refractivity contribution in [1.82, 2.24) is 5.32 Å². The van der Waals surface area contributed by atoms with Gasteiger partial charge in [-0.2, -0.15) is 0 Å². The summed E-state index contributed by atoms with van der Waals surface area (Å²) < 4.78 is 5.42. The van der Waals surface area contributed by atoms with E-state index < -0.39 is 0 Å². The summed E-state index contributed by atoms with van der Waals surface area (Å²) in [7, 11) is 0. The van der Waals surface area contributed by atoms with Crippen LogP contribution in [0.25, 0.3) is 0 Å². The number of ether oxygens (including phenoxy) is 1. The highest BCUT2D eigenvalue weighted by atomic mass is 16.5. The van der Waals surface area contributed by atoms with Gasteiger partial charge in [-0.1, -0.05) is 29.8 Å². The van der Waals surface area contributed by atoms with E-state index in [0.717, 1.165) is 16.9 Å². The number of rotatable bonds is 5. The minimum atomic E-state index is -0.0555. The quantitative estimate of drug-likeness (QED) is 0.904. The molecular formula is C18H21NO2. The number of benzene rings is 2. The summed E-state index contributed by atoms with van der Waals surface area (Å²) in [6, 6.07) is 15.3. The van der Waals surface area contributed by atoms with Crippen molar-refractivity contribution in [3.63, 3.8) is 0 Å². The highest BCUT2D eigenvalue weighted by Gasteiger charge is 2.11. The molecule has 0 saturated heterocycles. The molecule has 1 N–H and O–H groups in total. The van der Waals surface area contributed by atoms with Gasteiger partial charge in [0.25, 0.3) is 5.91 Å². The van der Waals surface area contributed by atoms with Crippen molar-refractivity contribution in [3.05, 3.63) is 65.2 Å². The highest BCUT2D eigenvalue weighted by Crippen LogP contribution is 2.18. The van der Waals surface area contributed by atoms with Crippen LogP contribution in [0.3, 0.4) is 0 Å². The van der Waals surface area contributed by atoms with Crippen molar-refractivity contribution in [1.29, 1.82) is 0 Å². The first-order valence-electron chi connectivity index (χ1n) is 7.20. The molecule has 0 aromatic heterocycles. The molecule has 0 unspecified atom stereocenters. The molecule has 0 aliphatic heterocycles. The molecule has 0 fully saturated rings. The molecule has 110 valence electrons. The Morgan fingerprint density at radius 3 is 2.52 bits per heavy atom. The molecule has 1 amide bonds. The first-order chi connectivity index (χ1) is 10.1. The third-order valence-electron chi connectivity index (χ3n) is 3.32. The van der Waals surface area contributed by atoms with E-state index in [9.17, 15) is 4.79 Å². The number of nitrogens with one attached hydrogen (secondary N) is 1. The Bertz CT molecular complexity index is 605. The molecule has 1 atom stereocenters. The molecule has 0 bridgehead atoms. The Morgan fingerprint density at radius 1 is 1.19 bits per heavy atom. The molecule has 0 aliphatic rings. The normalized spacial score (nSPS) is 11.8. The third-order valence-corrected chi connectivity index (χ3v) is 3.32. The summed E-state index contributed by atoms with van der Waals surface area (Å²) in [5, 5.41) is 3.01. The molecule has 0 aliphatic carbocycles. The lowest BCUT2D eigenvalue weighted by Gasteiger charge is -2.15. The molecule has 0 heterocycles. The van der Waals surface area contributed by atoms with E-state index in [0.29, 0.717) is 12.2 Å². The number of aryl methyl sites for hydroxylation is 1. The Labute approximate surface area is 126 Å². The molecule has 2 rings (SSSR count). The van der Waals surface area contributed by atoms with Crippen molar-refractivity contribution in [2.75, 3.05) is 6.61 Å². The van der Waals surface area contributed by atoms with Crippen molar-refractivity contribution >= 4 is 5.91 Å². The van der Waals surface area contributed by atoms with Gasteiger partial charge in [0.15, 0.2) is 0 Å². The minimum Gasteiger partial charge on any atom is -0.494 e. The van der Waals surface area contributed by atoms with Crippen LogP contribution in [0.15, 0.2) is 48.5 Å². The molecule has 2 aromatic rings. The average molecular weight is 283 g/mol. The molecule has 3 heteroatoms. The summed E-state index contributed by atoms with van der Waals surface area (Å²) in [5.41, 5.74) is 2.82. The van der Waals surface area contributed by atoms with Gasteiger partial charge < -0.3 is 10.1 Å². The van der Waals surface area contributed by atoms with E-state index in [1.807, 2.05) is 69.3 Å². The van der Waals surface area contributed by atoms with E-state index in [4.69, 9.17) is 4.74 Å². The van der Waals surface area contributed by atoms with Crippen molar-refractivity contribution < 1.29 is 9.53 Å². The van der Waals surface area contributed by atoms with Gasteiger partial charge in [-0.05, 0) is 50.6 Å². The summed E-state index contributed by atoms with van der Waals surface area (Å²) >= 11 is 0. The van der Waals surface area contributed by atoms with Crippen molar-refractivity contribution in [2.24, 2.45) is 0 Å². The number of hydrogen-bond acceptors (Lipinski definition) is 2. The van der Waals surface area contributed by atoms with Crippen LogP contribution in [0.4, 0.5) is 0 Å². The third kappa shape index (κ3) is 4.09. The Kier molecular flexibility index (Phi) is 4.99. The number of carbonyl (C=O) groups is 1. The van der Waals surface area contributed by atoms with Crippen LogP contribution in [0.1, 0.15) is 41.4 Å². The Balaban J connectivity index is 2.03. The predicted molar refractivity (Wildman–Crippen MR) is 84.7 cm³/mol. The van der Waals surface area contributed by atoms with Gasteiger partial charge in [0.05, 0.1) is 12.6 Å². The smallest absolute Gasteiger partial charge is 0.251 e. The summed E-state index contributed by atoms with van der Waals surface area (Å²) in [4.78, 5) is 12.2. The summed E-state index contributed by atoms with van der Waals surface area (Å²) in [5.74, 6) is 0.790. The first-order valence-corrected chi connectivity index (χ1v) is 7.20. The molecule has 21 heavy (non-hydrogen) atoms. The van der Waals surface area contributed by atoms with Crippen LogP contribution < -0.4 is 10.1 Å². The monoisotopic (exact) mass is 283 g/mol. The molecular weight excluding hydrogens is 262 g/mol. The van der Waals surface area contributed by atoms with Crippen LogP contribution in [0.2, 0.25) is 0 Å². The van der Waals surface area contributed by atoms with Gasteiger partial charge in [0.1, 0.15) is 5.75 Å². The second-order valence-electron chi connectivity index (χ2n) is 5.07. The van der Waals surface area contributed by atoms with Crippen LogP contribution in [0.5, 0.6) is 5.75 Å². The van der Waals surface area contributed by atoms with E-state index in [-0.39, 0.29) is 11.9 Å². The average Bonchev–Trinajstić information content (AvgIpc) is 2.48. The van der Waals surface area contributed by atoms with Gasteiger partial charge >= 0.3 is 0 Å². The summed E-state index contributed by atoms with van der Waals surface area (Å²) in [6.07, 6.45) is 0. The van der Waals surface area contributed by atoms with Gasteiger partial charge in [-0.15, -0.1) is 0 Å². The first kappa shape index (κ1) is 15.1. The fourth-order valence-electron chi connectivity index (χ4n) is 2.17. The number of carbonyl (C=O) groups excluding carboxylic acids is 1. The molecule has 3 nitrogen and oxygen atoms in total. The maximum absolute atomic E-state index is 12.2. The zero-order chi connectivity index (χ0) is 15.2. The molecule has 0 spiro atoms. The number of hydrogen-bond donors (Lipinski definition) is 1. The minimum absolute atomic E-state index is 0.0475. The highest BCUT2D eigenvalue weighted by molar-refractivity contribution is 5.94. The largest absolute Gasteiger partial charge is 0.494 e. The van der Waals surface area contributed by atoms with Crippen molar-refractivity contribution in [3.8, 4) is 5.75 Å². The lowest BCUT2D eigenvalue weighted by atomic mass is 10.1. The molecule has 0 radical (unpaired) electrons. The lowest BCUT2D eigenvalue weighted by molar-refractivity contribution is 0.0940. The second-order valence-corrected chi connectivity index (χ2v) is 5.07. The standard InChI is InChI=1S/C18H21NO2/c1-4-21-17-10-8-15(9-11-17)14(3)19-18(20)16-7-5-6-13(2)12-16/h5-12,14H,4H2,1-3H3,(H,19,20)/t14-/m0/s1. The van der Waals surface area contributed by atoms with E-state index in [1.54, 1.807) is 0 Å². The second kappa shape index (κ2) is 6.93. The fourth-order valence-corrected chi connectivity index (χ4v) is 2.17. The molecule has 0 saturated carbocycles. The van der Waals surface area contributed by atoms with E-state index in [1.165, 1.54) is 0 Å².